The van der Waals surface area contributed by atoms with Crippen LogP contribution in [0.3, 0.4) is 0 Å². The summed E-state index contributed by atoms with van der Waals surface area (Å²) in [5.41, 5.74) is 2.19. The molecule has 0 aliphatic carbocycles. The van der Waals surface area contributed by atoms with Crippen molar-refractivity contribution >= 4 is 29.0 Å². The highest BCUT2D eigenvalue weighted by Gasteiger charge is 2.07. The van der Waals surface area contributed by atoms with E-state index in [1.165, 1.54) is 6.07 Å². The molecule has 0 unspecified atom stereocenters. The Kier molecular flexibility index (Phi) is 6.85. The maximum Gasteiger partial charge on any atom is 0.161 e. The highest BCUT2D eigenvalue weighted by molar-refractivity contribution is 6.02. The van der Waals surface area contributed by atoms with Crippen LogP contribution < -0.4 is 14.6 Å². The van der Waals surface area contributed by atoms with Gasteiger partial charge in [-0.25, -0.2) is 4.98 Å². The van der Waals surface area contributed by atoms with Gasteiger partial charge in [0, 0.05) is 10.9 Å². The second-order valence-corrected chi connectivity index (χ2v) is 6.57. The molecule has 0 saturated heterocycles. The molecule has 0 atom stereocenters. The summed E-state index contributed by atoms with van der Waals surface area (Å²) in [6, 6.07) is 14.4. The standard InChI is InChI=1S/C24H25NO4/c1-3-5-14-29-22-13-11-17(15-23(22)28-4-2)10-12-18-16-20(24(26)27)19-8-6-7-9-21(19)25-18/h6-13,15-16H,3-5,14H2,1-2H3,(H,26,27)/p-1/b12-10+. The molecule has 5 nitrogen and oxygen atoms in total. The van der Waals surface area contributed by atoms with E-state index < -0.39 is 5.97 Å². The van der Waals surface area contributed by atoms with Crippen LogP contribution in [0.4, 0.5) is 0 Å². The Morgan fingerprint density at radius 2 is 1.86 bits per heavy atom. The largest absolute Gasteiger partial charge is 0.545 e. The number of unbranched alkanes of at least 4 members (excludes halogenated alkanes) is 1. The molecule has 29 heavy (non-hydrogen) atoms. The number of carboxylic acids is 1. The van der Waals surface area contributed by atoms with Crippen molar-refractivity contribution in [3.05, 3.63) is 65.4 Å². The molecule has 0 aliphatic rings. The van der Waals surface area contributed by atoms with Crippen molar-refractivity contribution in [2.75, 3.05) is 13.2 Å². The van der Waals surface area contributed by atoms with Gasteiger partial charge in [-0.15, -0.1) is 0 Å². The maximum absolute atomic E-state index is 11.5. The van der Waals surface area contributed by atoms with Crippen molar-refractivity contribution in [3.63, 3.8) is 0 Å². The average molecular weight is 390 g/mol. The van der Waals surface area contributed by atoms with E-state index in [1.54, 1.807) is 24.3 Å². The van der Waals surface area contributed by atoms with Crippen LogP contribution in [0.15, 0.2) is 48.5 Å². The topological polar surface area (TPSA) is 71.5 Å². The maximum atomic E-state index is 11.5. The van der Waals surface area contributed by atoms with Gasteiger partial charge in [-0.05, 0) is 49.2 Å². The second-order valence-electron chi connectivity index (χ2n) is 6.57. The van der Waals surface area contributed by atoms with Crippen LogP contribution in [0.25, 0.3) is 23.1 Å². The lowest BCUT2D eigenvalue weighted by atomic mass is 10.1. The fourth-order valence-corrected chi connectivity index (χ4v) is 2.97. The number of nitrogens with zero attached hydrogens (tertiary/aromatic N) is 1. The Hall–Kier alpha value is -3.34. The fourth-order valence-electron chi connectivity index (χ4n) is 2.97. The third-order valence-corrected chi connectivity index (χ3v) is 4.43. The van der Waals surface area contributed by atoms with E-state index in [0.717, 1.165) is 24.2 Å². The van der Waals surface area contributed by atoms with Crippen molar-refractivity contribution in [2.45, 2.75) is 26.7 Å². The third-order valence-electron chi connectivity index (χ3n) is 4.43. The van der Waals surface area contributed by atoms with Crippen molar-refractivity contribution in [1.82, 2.24) is 4.98 Å². The van der Waals surface area contributed by atoms with E-state index in [0.29, 0.717) is 35.6 Å². The summed E-state index contributed by atoms with van der Waals surface area (Å²) in [6.45, 7) is 5.24. The molecule has 0 saturated carbocycles. The van der Waals surface area contributed by atoms with Crippen molar-refractivity contribution < 1.29 is 19.4 Å². The molecule has 0 amide bonds. The van der Waals surface area contributed by atoms with Crippen LogP contribution in [-0.2, 0) is 0 Å². The molecule has 2 aromatic carbocycles. The summed E-state index contributed by atoms with van der Waals surface area (Å²) in [4.78, 5) is 16.0. The van der Waals surface area contributed by atoms with E-state index in [4.69, 9.17) is 9.47 Å². The minimum absolute atomic E-state index is 0.130. The van der Waals surface area contributed by atoms with E-state index in [-0.39, 0.29) is 5.56 Å². The number of carbonyl (C=O) groups is 1. The fraction of sp³-hybridized carbons (Fsp3) is 0.250. The number of rotatable bonds is 9. The van der Waals surface area contributed by atoms with Gasteiger partial charge in [0.1, 0.15) is 0 Å². The zero-order chi connectivity index (χ0) is 20.6. The van der Waals surface area contributed by atoms with Crippen LogP contribution in [0.5, 0.6) is 11.5 Å². The van der Waals surface area contributed by atoms with E-state index in [9.17, 15) is 9.90 Å². The molecule has 0 N–H and O–H groups in total. The molecule has 3 aromatic rings. The number of ether oxygens (including phenoxy) is 2. The molecular formula is C24H24NO4-. The van der Waals surface area contributed by atoms with E-state index in [2.05, 4.69) is 11.9 Å². The molecule has 0 spiro atoms. The van der Waals surface area contributed by atoms with Gasteiger partial charge in [0.25, 0.3) is 0 Å². The molecule has 1 heterocycles. The van der Waals surface area contributed by atoms with Gasteiger partial charge in [-0.3, -0.25) is 0 Å². The van der Waals surface area contributed by atoms with Gasteiger partial charge in [0.2, 0.25) is 0 Å². The Bertz CT molecular complexity index is 1030. The van der Waals surface area contributed by atoms with Gasteiger partial charge < -0.3 is 19.4 Å². The minimum Gasteiger partial charge on any atom is -0.545 e. The molecule has 0 fully saturated rings. The van der Waals surface area contributed by atoms with Gasteiger partial charge >= 0.3 is 0 Å². The number of carboxylic acid groups (broad SMARTS) is 1. The Balaban J connectivity index is 1.89. The summed E-state index contributed by atoms with van der Waals surface area (Å²) < 4.78 is 11.5. The zero-order valence-electron chi connectivity index (χ0n) is 16.7. The van der Waals surface area contributed by atoms with Crippen LogP contribution in [-0.4, -0.2) is 24.2 Å². The van der Waals surface area contributed by atoms with Crippen LogP contribution in [0.2, 0.25) is 0 Å². The summed E-state index contributed by atoms with van der Waals surface area (Å²) >= 11 is 0. The number of carbonyl (C=O) groups excluding carboxylic acids is 1. The molecule has 3 rings (SSSR count). The highest BCUT2D eigenvalue weighted by atomic mass is 16.5. The first-order valence-electron chi connectivity index (χ1n) is 9.81. The predicted molar refractivity (Wildman–Crippen MR) is 113 cm³/mol. The Labute approximate surface area is 170 Å². The number of fused-ring (bicyclic) bond motifs is 1. The van der Waals surface area contributed by atoms with Gasteiger partial charge in [-0.1, -0.05) is 43.7 Å². The molecule has 150 valence electrons. The van der Waals surface area contributed by atoms with Gasteiger partial charge in [-0.2, -0.15) is 0 Å². The quantitative estimate of drug-likeness (QED) is 0.508. The number of hydrogen-bond donors (Lipinski definition) is 0. The summed E-state index contributed by atoms with van der Waals surface area (Å²) in [6.07, 6.45) is 5.70. The van der Waals surface area contributed by atoms with Crippen molar-refractivity contribution in [2.24, 2.45) is 0 Å². The normalized spacial score (nSPS) is 11.1. The number of aromatic nitrogens is 1. The first-order valence-corrected chi connectivity index (χ1v) is 9.81. The SMILES string of the molecule is CCCCOc1ccc(/C=C/c2cc(C(=O)[O-])c3ccccc3n2)cc1OCC. The van der Waals surface area contributed by atoms with E-state index in [1.807, 2.05) is 37.3 Å². The average Bonchev–Trinajstić information content (AvgIpc) is 2.73. The molecule has 5 heteroatoms. The zero-order valence-corrected chi connectivity index (χ0v) is 16.7. The lowest BCUT2D eigenvalue weighted by molar-refractivity contribution is -0.254. The summed E-state index contributed by atoms with van der Waals surface area (Å²) in [5.74, 6) is 0.193. The van der Waals surface area contributed by atoms with Gasteiger partial charge in [0.15, 0.2) is 11.5 Å². The van der Waals surface area contributed by atoms with Gasteiger partial charge in [0.05, 0.1) is 30.4 Å². The first-order chi connectivity index (χ1) is 14.1. The first kappa shape index (κ1) is 20.4. The number of para-hydroxylation sites is 1. The second kappa shape index (κ2) is 9.73. The molecular weight excluding hydrogens is 366 g/mol. The minimum atomic E-state index is -1.22. The number of pyridine rings is 1. The molecule has 0 radical (unpaired) electrons. The highest BCUT2D eigenvalue weighted by Crippen LogP contribution is 2.29. The Morgan fingerprint density at radius 3 is 2.62 bits per heavy atom. The monoisotopic (exact) mass is 390 g/mol. The van der Waals surface area contributed by atoms with Crippen LogP contribution in [0, 0.1) is 0 Å². The number of aromatic carboxylic acids is 1. The summed E-state index contributed by atoms with van der Waals surface area (Å²) in [5, 5.41) is 12.1. The summed E-state index contributed by atoms with van der Waals surface area (Å²) in [7, 11) is 0. The molecule has 1 aromatic heterocycles. The predicted octanol–water partition coefficient (Wildman–Crippen LogP) is 4.35. The number of benzene rings is 2. The Morgan fingerprint density at radius 1 is 1.03 bits per heavy atom. The third kappa shape index (κ3) is 5.13. The number of hydrogen-bond acceptors (Lipinski definition) is 5. The lowest BCUT2D eigenvalue weighted by Gasteiger charge is -2.12. The van der Waals surface area contributed by atoms with Crippen molar-refractivity contribution in [1.29, 1.82) is 0 Å². The van der Waals surface area contributed by atoms with Crippen molar-refractivity contribution in [3.8, 4) is 11.5 Å². The van der Waals surface area contributed by atoms with Crippen LogP contribution >= 0.6 is 0 Å². The smallest absolute Gasteiger partial charge is 0.161 e. The van der Waals surface area contributed by atoms with Crippen LogP contribution in [0.1, 0.15) is 48.3 Å². The van der Waals surface area contributed by atoms with E-state index >= 15 is 0 Å². The molecule has 0 bridgehead atoms. The molecule has 0 aliphatic heterocycles. The lowest BCUT2D eigenvalue weighted by Crippen LogP contribution is -2.22.